The van der Waals surface area contributed by atoms with Crippen LogP contribution in [0.15, 0.2) is 41.5 Å². The monoisotopic (exact) mass is 406 g/mol. The van der Waals surface area contributed by atoms with Gasteiger partial charge in [-0.05, 0) is 55.1 Å². The van der Waals surface area contributed by atoms with Crippen LogP contribution in [0.3, 0.4) is 0 Å². The number of aryl methyl sites for hydroxylation is 1. The summed E-state index contributed by atoms with van der Waals surface area (Å²) in [6.07, 6.45) is 11.0. The summed E-state index contributed by atoms with van der Waals surface area (Å²) in [6, 6.07) is 10.9. The van der Waals surface area contributed by atoms with Crippen LogP contribution < -0.4 is 15.8 Å². The molecule has 5 heteroatoms. The standard InChI is InChI=1S/C25H34N4O/c26-11-6-3-1-2-4-8-19-16-21(20-10-15-30-24(20)17-19)22(18-25-28-13-14-29-25)23-9-5-7-12-27-23/h5,7,9,12,16-17,22H,1-4,6,8,10-11,13-15,18,26H2,(H,28,29). The van der Waals surface area contributed by atoms with Crippen molar-refractivity contribution in [3.05, 3.63) is 58.9 Å². The number of nitrogens with one attached hydrogen (secondary N) is 1. The highest BCUT2D eigenvalue weighted by Gasteiger charge is 2.27. The van der Waals surface area contributed by atoms with Crippen molar-refractivity contribution in [1.29, 1.82) is 0 Å². The fraction of sp³-hybridized carbons (Fsp3) is 0.520. The Morgan fingerprint density at radius 3 is 2.80 bits per heavy atom. The summed E-state index contributed by atoms with van der Waals surface area (Å²) in [5.74, 6) is 2.38. The number of hydrogen-bond acceptors (Lipinski definition) is 5. The summed E-state index contributed by atoms with van der Waals surface area (Å²) >= 11 is 0. The van der Waals surface area contributed by atoms with Gasteiger partial charge in [0, 0.05) is 42.8 Å². The maximum Gasteiger partial charge on any atom is 0.123 e. The van der Waals surface area contributed by atoms with Gasteiger partial charge >= 0.3 is 0 Å². The van der Waals surface area contributed by atoms with Gasteiger partial charge in [0.05, 0.1) is 19.0 Å². The van der Waals surface area contributed by atoms with E-state index in [1.807, 2.05) is 12.3 Å². The lowest BCUT2D eigenvalue weighted by Crippen LogP contribution is -2.22. The van der Waals surface area contributed by atoms with Crippen LogP contribution in [0.2, 0.25) is 0 Å². The first-order valence-electron chi connectivity index (χ1n) is 11.5. The number of fused-ring (bicyclic) bond motifs is 1. The molecule has 1 aromatic carbocycles. The third-order valence-corrected chi connectivity index (χ3v) is 6.14. The number of rotatable bonds is 11. The van der Waals surface area contributed by atoms with E-state index in [-0.39, 0.29) is 5.92 Å². The van der Waals surface area contributed by atoms with Crippen LogP contribution in [0.4, 0.5) is 0 Å². The third kappa shape index (κ3) is 5.20. The zero-order valence-electron chi connectivity index (χ0n) is 17.9. The number of nitrogens with two attached hydrogens (primary N) is 1. The number of amidine groups is 1. The van der Waals surface area contributed by atoms with Gasteiger partial charge in [0.1, 0.15) is 5.75 Å². The van der Waals surface area contributed by atoms with Gasteiger partial charge in [-0.15, -0.1) is 0 Å². The molecule has 4 rings (SSSR count). The van der Waals surface area contributed by atoms with Crippen molar-refractivity contribution in [3.63, 3.8) is 0 Å². The second-order valence-electron chi connectivity index (χ2n) is 8.33. The number of nitrogens with zero attached hydrogens (tertiary/aromatic N) is 2. The van der Waals surface area contributed by atoms with Crippen LogP contribution in [0.25, 0.3) is 0 Å². The maximum atomic E-state index is 6.02. The second kappa shape index (κ2) is 10.6. The van der Waals surface area contributed by atoms with Crippen molar-refractivity contribution >= 4 is 5.84 Å². The van der Waals surface area contributed by atoms with E-state index in [1.165, 1.54) is 42.4 Å². The Balaban J connectivity index is 1.57. The molecule has 2 aliphatic heterocycles. The van der Waals surface area contributed by atoms with Gasteiger partial charge in [-0.1, -0.05) is 31.4 Å². The molecule has 0 radical (unpaired) electrons. The Hall–Kier alpha value is -2.40. The lowest BCUT2D eigenvalue weighted by molar-refractivity contribution is 0.356. The van der Waals surface area contributed by atoms with E-state index in [9.17, 15) is 0 Å². The van der Waals surface area contributed by atoms with Crippen LogP contribution in [-0.2, 0) is 12.8 Å². The van der Waals surface area contributed by atoms with E-state index in [1.54, 1.807) is 0 Å². The molecule has 0 aliphatic carbocycles. The molecule has 5 nitrogen and oxygen atoms in total. The molecule has 2 aliphatic rings. The van der Waals surface area contributed by atoms with Gasteiger partial charge in [-0.2, -0.15) is 0 Å². The van der Waals surface area contributed by atoms with Gasteiger partial charge in [0.25, 0.3) is 0 Å². The Morgan fingerprint density at radius 1 is 1.10 bits per heavy atom. The van der Waals surface area contributed by atoms with Gasteiger partial charge in [-0.3, -0.25) is 9.98 Å². The number of hydrogen-bond donors (Lipinski definition) is 2. The normalized spacial score (nSPS) is 16.0. The predicted octanol–water partition coefficient (Wildman–Crippen LogP) is 3.99. The highest BCUT2D eigenvalue weighted by atomic mass is 16.5. The van der Waals surface area contributed by atoms with Gasteiger partial charge in [0.15, 0.2) is 0 Å². The van der Waals surface area contributed by atoms with E-state index < -0.39 is 0 Å². The molecule has 0 saturated heterocycles. The molecular weight excluding hydrogens is 372 g/mol. The molecule has 0 spiro atoms. The number of benzene rings is 1. The number of aromatic nitrogens is 1. The fourth-order valence-corrected chi connectivity index (χ4v) is 4.58. The largest absolute Gasteiger partial charge is 0.493 e. The van der Waals surface area contributed by atoms with E-state index >= 15 is 0 Å². The first kappa shape index (κ1) is 20.9. The SMILES string of the molecule is NCCCCCCCc1cc2c(c(C(CC3=NCCN3)c3ccccn3)c1)CCO2. The first-order valence-corrected chi connectivity index (χ1v) is 11.5. The molecule has 3 N–H and O–H groups in total. The predicted molar refractivity (Wildman–Crippen MR) is 122 cm³/mol. The summed E-state index contributed by atoms with van der Waals surface area (Å²) < 4.78 is 6.02. The van der Waals surface area contributed by atoms with Crippen molar-refractivity contribution in [2.24, 2.45) is 10.7 Å². The van der Waals surface area contributed by atoms with Crippen molar-refractivity contribution in [3.8, 4) is 5.75 Å². The average molecular weight is 407 g/mol. The molecule has 0 amide bonds. The van der Waals surface area contributed by atoms with Gasteiger partial charge < -0.3 is 15.8 Å². The van der Waals surface area contributed by atoms with Gasteiger partial charge in [-0.25, -0.2) is 0 Å². The molecule has 0 fully saturated rings. The van der Waals surface area contributed by atoms with Gasteiger partial charge in [0.2, 0.25) is 0 Å². The van der Waals surface area contributed by atoms with Crippen molar-refractivity contribution in [2.45, 2.75) is 57.3 Å². The summed E-state index contributed by atoms with van der Waals surface area (Å²) in [5, 5.41) is 3.45. The molecule has 0 saturated carbocycles. The minimum Gasteiger partial charge on any atom is -0.493 e. The van der Waals surface area contributed by atoms with Crippen LogP contribution in [-0.4, -0.2) is 37.1 Å². The maximum absolute atomic E-state index is 6.02. The zero-order chi connectivity index (χ0) is 20.6. The smallest absolute Gasteiger partial charge is 0.123 e. The lowest BCUT2D eigenvalue weighted by Gasteiger charge is -2.21. The summed E-state index contributed by atoms with van der Waals surface area (Å²) in [6.45, 7) is 3.39. The molecule has 1 unspecified atom stereocenters. The van der Waals surface area contributed by atoms with Crippen molar-refractivity contribution in [1.82, 2.24) is 10.3 Å². The Morgan fingerprint density at radius 2 is 2.00 bits per heavy atom. The zero-order valence-corrected chi connectivity index (χ0v) is 17.9. The van der Waals surface area contributed by atoms with Crippen LogP contribution in [0.1, 0.15) is 66.8 Å². The molecule has 0 bridgehead atoms. The average Bonchev–Trinajstić information content (AvgIpc) is 3.46. The summed E-state index contributed by atoms with van der Waals surface area (Å²) in [5.41, 5.74) is 10.8. The fourth-order valence-electron chi connectivity index (χ4n) is 4.58. The minimum absolute atomic E-state index is 0.204. The lowest BCUT2D eigenvalue weighted by atomic mass is 9.85. The van der Waals surface area contributed by atoms with Crippen LogP contribution in [0, 0.1) is 0 Å². The van der Waals surface area contributed by atoms with Crippen molar-refractivity contribution in [2.75, 3.05) is 26.2 Å². The van der Waals surface area contributed by atoms with E-state index in [2.05, 4.69) is 34.6 Å². The molecule has 1 aromatic heterocycles. The van der Waals surface area contributed by atoms with Crippen LogP contribution >= 0.6 is 0 Å². The summed E-state index contributed by atoms with van der Waals surface area (Å²) in [4.78, 5) is 9.39. The molecule has 1 atom stereocenters. The molecule has 160 valence electrons. The number of aliphatic imine (C=N–C) groups is 1. The topological polar surface area (TPSA) is 72.5 Å². The number of ether oxygens (including phenoxy) is 1. The number of pyridine rings is 1. The van der Waals surface area contributed by atoms with Crippen LogP contribution in [0.5, 0.6) is 5.75 Å². The number of unbranched alkanes of at least 4 members (excludes halogenated alkanes) is 4. The third-order valence-electron chi connectivity index (χ3n) is 6.14. The molecule has 3 heterocycles. The van der Waals surface area contributed by atoms with E-state index in [0.717, 1.165) is 69.2 Å². The molecule has 30 heavy (non-hydrogen) atoms. The Labute approximate surface area is 180 Å². The first-order chi connectivity index (χ1) is 14.8. The Kier molecular flexibility index (Phi) is 7.35. The second-order valence-corrected chi connectivity index (χ2v) is 8.33. The quantitative estimate of drug-likeness (QED) is 0.554. The molecular formula is C25H34N4O. The highest BCUT2D eigenvalue weighted by Crippen LogP contribution is 2.38. The minimum atomic E-state index is 0.204. The summed E-state index contributed by atoms with van der Waals surface area (Å²) in [7, 11) is 0. The van der Waals surface area contributed by atoms with E-state index in [4.69, 9.17) is 15.5 Å². The Bertz CT molecular complexity index is 850. The molecule has 2 aromatic rings. The van der Waals surface area contributed by atoms with E-state index in [0.29, 0.717) is 0 Å². The van der Waals surface area contributed by atoms with Crippen molar-refractivity contribution < 1.29 is 4.74 Å². The highest BCUT2D eigenvalue weighted by molar-refractivity contribution is 5.84.